The summed E-state index contributed by atoms with van der Waals surface area (Å²) in [6, 6.07) is 0.0725. The minimum atomic E-state index is -0.509. The molecular formula is C13H19ClN4O3. The standard InChI is InChI=1S/C13H19ClN4O3/c1-3-13(4-2)7-9(5-6-21-13)16-11-10(18(19)20)8-15-12(14)17-11/h8-9H,3-7H2,1-2H3,(H,15,16,17). The Morgan fingerprint density at radius 1 is 1.57 bits per heavy atom. The summed E-state index contributed by atoms with van der Waals surface area (Å²) in [5, 5.41) is 14.2. The Balaban J connectivity index is 2.18. The number of hydrogen-bond acceptors (Lipinski definition) is 6. The Morgan fingerprint density at radius 3 is 2.90 bits per heavy atom. The highest BCUT2D eigenvalue weighted by atomic mass is 35.5. The predicted octanol–water partition coefficient (Wildman–Crippen LogP) is 3.19. The summed E-state index contributed by atoms with van der Waals surface area (Å²) in [4.78, 5) is 18.1. The van der Waals surface area contributed by atoms with Crippen molar-refractivity contribution in [1.29, 1.82) is 0 Å². The number of ether oxygens (including phenoxy) is 1. The number of nitro groups is 1. The number of nitrogens with one attached hydrogen (secondary N) is 1. The summed E-state index contributed by atoms with van der Waals surface area (Å²) < 4.78 is 5.90. The maximum atomic E-state index is 11.0. The van der Waals surface area contributed by atoms with E-state index in [1.54, 1.807) is 0 Å². The lowest BCUT2D eigenvalue weighted by Gasteiger charge is -2.40. The van der Waals surface area contributed by atoms with E-state index in [1.807, 2.05) is 0 Å². The topological polar surface area (TPSA) is 90.2 Å². The average molecular weight is 315 g/mol. The van der Waals surface area contributed by atoms with Crippen LogP contribution >= 0.6 is 11.6 Å². The van der Waals surface area contributed by atoms with Gasteiger partial charge in [0.2, 0.25) is 11.1 Å². The number of rotatable bonds is 5. The van der Waals surface area contributed by atoms with Crippen LogP contribution in [0.3, 0.4) is 0 Å². The molecule has 0 radical (unpaired) electrons. The zero-order chi connectivity index (χ0) is 15.5. The van der Waals surface area contributed by atoms with Crippen molar-refractivity contribution in [2.24, 2.45) is 0 Å². The van der Waals surface area contributed by atoms with Crippen LogP contribution in [0.25, 0.3) is 0 Å². The van der Waals surface area contributed by atoms with Gasteiger partial charge < -0.3 is 10.1 Å². The zero-order valence-corrected chi connectivity index (χ0v) is 12.9. The van der Waals surface area contributed by atoms with Crippen LogP contribution in [0.1, 0.15) is 39.5 Å². The lowest BCUT2D eigenvalue weighted by molar-refractivity contribution is -0.384. The highest BCUT2D eigenvalue weighted by Gasteiger charge is 2.35. The molecular weight excluding hydrogens is 296 g/mol. The van der Waals surface area contributed by atoms with Gasteiger partial charge in [-0.05, 0) is 37.3 Å². The summed E-state index contributed by atoms with van der Waals surface area (Å²) in [7, 11) is 0. The van der Waals surface area contributed by atoms with Crippen molar-refractivity contribution >= 4 is 23.1 Å². The van der Waals surface area contributed by atoms with Crippen LogP contribution in [0.4, 0.5) is 11.5 Å². The van der Waals surface area contributed by atoms with Gasteiger partial charge in [0.25, 0.3) is 0 Å². The van der Waals surface area contributed by atoms with Crippen LogP contribution in [0, 0.1) is 10.1 Å². The van der Waals surface area contributed by atoms with E-state index in [2.05, 4.69) is 29.1 Å². The van der Waals surface area contributed by atoms with Gasteiger partial charge in [0.05, 0.1) is 10.5 Å². The first-order valence-electron chi connectivity index (χ1n) is 7.07. The fourth-order valence-electron chi connectivity index (χ4n) is 2.68. The Hall–Kier alpha value is -1.47. The smallest absolute Gasteiger partial charge is 0.329 e. The lowest BCUT2D eigenvalue weighted by Crippen LogP contribution is -2.43. The number of halogens is 1. The molecule has 1 aliphatic heterocycles. The minimum Gasteiger partial charge on any atom is -0.375 e. The summed E-state index contributed by atoms with van der Waals surface area (Å²) in [5.74, 6) is 0.174. The molecule has 1 saturated heterocycles. The molecule has 1 N–H and O–H groups in total. The Labute approximate surface area is 128 Å². The molecule has 0 aromatic carbocycles. The quantitative estimate of drug-likeness (QED) is 0.510. The van der Waals surface area contributed by atoms with Gasteiger partial charge in [-0.3, -0.25) is 10.1 Å². The second-order valence-electron chi connectivity index (χ2n) is 5.20. The van der Waals surface area contributed by atoms with Crippen LogP contribution in [0.2, 0.25) is 5.28 Å². The van der Waals surface area contributed by atoms with Crippen molar-refractivity contribution in [3.63, 3.8) is 0 Å². The number of aromatic nitrogens is 2. The van der Waals surface area contributed by atoms with E-state index in [1.165, 1.54) is 0 Å². The summed E-state index contributed by atoms with van der Waals surface area (Å²) in [6.45, 7) is 4.82. The van der Waals surface area contributed by atoms with Crippen molar-refractivity contribution in [3.8, 4) is 0 Å². The SMILES string of the molecule is CCC1(CC)CC(Nc2nc(Cl)ncc2[N+](=O)[O-])CCO1. The second-order valence-corrected chi connectivity index (χ2v) is 5.54. The van der Waals surface area contributed by atoms with Gasteiger partial charge in [-0.1, -0.05) is 13.8 Å². The highest BCUT2D eigenvalue weighted by Crippen LogP contribution is 2.33. The zero-order valence-electron chi connectivity index (χ0n) is 12.1. The maximum absolute atomic E-state index is 11.0. The molecule has 7 nitrogen and oxygen atoms in total. The number of nitrogens with zero attached hydrogens (tertiary/aromatic N) is 3. The third kappa shape index (κ3) is 3.59. The molecule has 0 amide bonds. The predicted molar refractivity (Wildman–Crippen MR) is 79.6 cm³/mol. The molecule has 2 rings (SSSR count). The van der Waals surface area contributed by atoms with E-state index in [9.17, 15) is 10.1 Å². The largest absolute Gasteiger partial charge is 0.375 e. The van der Waals surface area contributed by atoms with Crippen LogP contribution in [0.5, 0.6) is 0 Å². The first-order chi connectivity index (χ1) is 9.99. The molecule has 0 bridgehead atoms. The fraction of sp³-hybridized carbons (Fsp3) is 0.692. The van der Waals surface area contributed by atoms with E-state index < -0.39 is 4.92 Å². The monoisotopic (exact) mass is 314 g/mol. The van der Waals surface area contributed by atoms with Crippen LogP contribution < -0.4 is 5.32 Å². The molecule has 0 saturated carbocycles. The van der Waals surface area contributed by atoms with Gasteiger partial charge in [0.1, 0.15) is 6.20 Å². The second kappa shape index (κ2) is 6.53. The van der Waals surface area contributed by atoms with Crippen LogP contribution in [0.15, 0.2) is 6.20 Å². The number of hydrogen-bond donors (Lipinski definition) is 1. The van der Waals surface area contributed by atoms with E-state index >= 15 is 0 Å². The molecule has 1 aliphatic rings. The van der Waals surface area contributed by atoms with E-state index in [0.717, 1.165) is 31.9 Å². The molecule has 1 fully saturated rings. The molecule has 1 unspecified atom stereocenters. The van der Waals surface area contributed by atoms with Gasteiger partial charge in [-0.15, -0.1) is 0 Å². The Kier molecular flexibility index (Phi) is 4.95. The molecule has 1 atom stereocenters. The molecule has 1 aromatic rings. The molecule has 21 heavy (non-hydrogen) atoms. The first-order valence-corrected chi connectivity index (χ1v) is 7.45. The van der Waals surface area contributed by atoms with Crippen molar-refractivity contribution in [2.75, 3.05) is 11.9 Å². The molecule has 0 aliphatic carbocycles. The first kappa shape index (κ1) is 15.9. The number of anilines is 1. The molecule has 1 aromatic heterocycles. The Morgan fingerprint density at radius 2 is 2.29 bits per heavy atom. The minimum absolute atomic E-state index is 0.00703. The molecule has 0 spiro atoms. The van der Waals surface area contributed by atoms with Crippen molar-refractivity contribution in [1.82, 2.24) is 9.97 Å². The van der Waals surface area contributed by atoms with Gasteiger partial charge in [-0.2, -0.15) is 4.98 Å². The highest BCUT2D eigenvalue weighted by molar-refractivity contribution is 6.28. The van der Waals surface area contributed by atoms with Gasteiger partial charge in [0, 0.05) is 12.6 Å². The Bertz CT molecular complexity index is 522. The summed E-state index contributed by atoms with van der Waals surface area (Å²) >= 11 is 5.74. The van der Waals surface area contributed by atoms with Gasteiger partial charge in [0.15, 0.2) is 0 Å². The summed E-state index contributed by atoms with van der Waals surface area (Å²) in [6.07, 6.45) is 4.52. The van der Waals surface area contributed by atoms with Crippen molar-refractivity contribution < 1.29 is 9.66 Å². The maximum Gasteiger partial charge on any atom is 0.329 e. The fourth-order valence-corrected chi connectivity index (χ4v) is 2.81. The van der Waals surface area contributed by atoms with Crippen molar-refractivity contribution in [2.45, 2.75) is 51.2 Å². The summed E-state index contributed by atoms with van der Waals surface area (Å²) in [5.41, 5.74) is -0.328. The molecule has 2 heterocycles. The van der Waals surface area contributed by atoms with Gasteiger partial charge >= 0.3 is 5.69 Å². The third-order valence-electron chi connectivity index (χ3n) is 4.06. The van der Waals surface area contributed by atoms with E-state index in [-0.39, 0.29) is 28.4 Å². The van der Waals surface area contributed by atoms with E-state index in [0.29, 0.717) is 6.61 Å². The third-order valence-corrected chi connectivity index (χ3v) is 4.24. The average Bonchev–Trinajstić information content (AvgIpc) is 2.47. The molecule has 116 valence electrons. The van der Waals surface area contributed by atoms with Crippen LogP contribution in [-0.4, -0.2) is 33.1 Å². The van der Waals surface area contributed by atoms with Crippen LogP contribution in [-0.2, 0) is 4.74 Å². The van der Waals surface area contributed by atoms with Crippen molar-refractivity contribution in [3.05, 3.63) is 21.6 Å². The normalized spacial score (nSPS) is 21.0. The van der Waals surface area contributed by atoms with Gasteiger partial charge in [-0.25, -0.2) is 4.98 Å². The van der Waals surface area contributed by atoms with E-state index in [4.69, 9.17) is 16.3 Å². The lowest BCUT2D eigenvalue weighted by atomic mass is 9.86. The molecule has 8 heteroatoms.